The molecule has 8 nitrogen and oxygen atoms in total. The molecule has 2 N–H and O–H groups in total. The van der Waals surface area contributed by atoms with Gasteiger partial charge in [0.15, 0.2) is 5.13 Å². The molecule has 3 rings (SSSR count). The Bertz CT molecular complexity index is 941. The number of Topliss-reactive ketones (excluding diaryl/α,β-unsaturated/α-hetero) is 1. The van der Waals surface area contributed by atoms with Crippen LogP contribution in [-0.2, 0) is 14.4 Å². The van der Waals surface area contributed by atoms with Gasteiger partial charge in [0.25, 0.3) is 0 Å². The fraction of sp³-hybridized carbons (Fsp3) is 0.520. The SMILES string of the molecule is CC(=O)CCCCC[C@H](NC(=O)CN1CCN(C)CC1)C(=O)Nc1nc(-c2ccccc2)cs1. The number of hydrogen-bond donors (Lipinski definition) is 2. The maximum atomic E-state index is 13.1. The highest BCUT2D eigenvalue weighted by Gasteiger charge is 2.24. The van der Waals surface area contributed by atoms with Crippen molar-refractivity contribution in [3.05, 3.63) is 35.7 Å². The molecule has 0 spiro atoms. The van der Waals surface area contributed by atoms with Gasteiger partial charge in [-0.1, -0.05) is 43.2 Å². The summed E-state index contributed by atoms with van der Waals surface area (Å²) in [6.45, 7) is 5.42. The second kappa shape index (κ2) is 13.3. The zero-order chi connectivity index (χ0) is 24.3. The van der Waals surface area contributed by atoms with Crippen molar-refractivity contribution in [1.82, 2.24) is 20.1 Å². The van der Waals surface area contributed by atoms with E-state index in [1.165, 1.54) is 11.3 Å². The summed E-state index contributed by atoms with van der Waals surface area (Å²) in [5.74, 6) is -0.224. The van der Waals surface area contributed by atoms with E-state index in [1.807, 2.05) is 35.7 Å². The summed E-state index contributed by atoms with van der Waals surface area (Å²) in [5, 5.41) is 8.25. The van der Waals surface area contributed by atoms with Gasteiger partial charge in [-0.05, 0) is 26.8 Å². The number of rotatable bonds is 12. The van der Waals surface area contributed by atoms with Crippen LogP contribution in [0.3, 0.4) is 0 Å². The predicted molar refractivity (Wildman–Crippen MR) is 136 cm³/mol. The van der Waals surface area contributed by atoms with Crippen LogP contribution < -0.4 is 10.6 Å². The Hall–Kier alpha value is -2.62. The minimum absolute atomic E-state index is 0.141. The number of nitrogens with one attached hydrogen (secondary N) is 2. The molecule has 0 bridgehead atoms. The summed E-state index contributed by atoms with van der Waals surface area (Å²) in [6, 6.07) is 9.16. The van der Waals surface area contributed by atoms with E-state index in [0.29, 0.717) is 18.0 Å². The van der Waals surface area contributed by atoms with E-state index in [1.54, 1.807) is 6.92 Å². The summed E-state index contributed by atoms with van der Waals surface area (Å²) < 4.78 is 0. The van der Waals surface area contributed by atoms with E-state index >= 15 is 0 Å². The van der Waals surface area contributed by atoms with Crippen molar-refractivity contribution in [2.75, 3.05) is 45.1 Å². The number of likely N-dealkylation sites (N-methyl/N-ethyl adjacent to an activating group) is 1. The van der Waals surface area contributed by atoms with Crippen molar-refractivity contribution in [3.8, 4) is 11.3 Å². The number of hydrogen-bond acceptors (Lipinski definition) is 7. The fourth-order valence-corrected chi connectivity index (χ4v) is 4.60. The van der Waals surface area contributed by atoms with E-state index in [4.69, 9.17) is 0 Å². The number of thiazole rings is 1. The Morgan fingerprint density at radius 3 is 2.50 bits per heavy atom. The van der Waals surface area contributed by atoms with Crippen LogP contribution in [-0.4, -0.2) is 78.2 Å². The van der Waals surface area contributed by atoms with Crippen molar-refractivity contribution in [2.45, 2.75) is 45.1 Å². The zero-order valence-electron chi connectivity index (χ0n) is 20.1. The van der Waals surface area contributed by atoms with Crippen molar-refractivity contribution in [3.63, 3.8) is 0 Å². The van der Waals surface area contributed by atoms with Crippen LogP contribution in [0.25, 0.3) is 11.3 Å². The molecule has 0 unspecified atom stereocenters. The minimum Gasteiger partial charge on any atom is -0.343 e. The number of carbonyl (C=O) groups excluding carboxylic acids is 3. The highest BCUT2D eigenvalue weighted by molar-refractivity contribution is 7.14. The molecule has 2 heterocycles. The number of carbonyl (C=O) groups is 3. The molecule has 34 heavy (non-hydrogen) atoms. The second-order valence-electron chi connectivity index (χ2n) is 8.89. The molecule has 1 aromatic heterocycles. The quantitative estimate of drug-likeness (QED) is 0.449. The van der Waals surface area contributed by atoms with Crippen molar-refractivity contribution in [2.24, 2.45) is 0 Å². The Morgan fingerprint density at radius 1 is 1.06 bits per heavy atom. The number of benzene rings is 1. The molecule has 1 saturated heterocycles. The summed E-state index contributed by atoms with van der Waals surface area (Å²) in [6.07, 6.45) is 3.47. The predicted octanol–water partition coefficient (Wildman–Crippen LogP) is 3.02. The first-order valence-electron chi connectivity index (χ1n) is 11.9. The summed E-state index contributed by atoms with van der Waals surface area (Å²) >= 11 is 1.37. The molecule has 0 saturated carbocycles. The molecular formula is C25H35N5O3S. The van der Waals surface area contributed by atoms with Gasteiger partial charge >= 0.3 is 0 Å². The number of unbranched alkanes of at least 4 members (excludes halogenated alkanes) is 2. The molecule has 0 radical (unpaired) electrons. The Labute approximate surface area is 205 Å². The molecule has 0 aliphatic carbocycles. The number of amides is 2. The van der Waals surface area contributed by atoms with E-state index in [-0.39, 0.29) is 24.1 Å². The molecule has 2 amide bonds. The first-order valence-corrected chi connectivity index (χ1v) is 12.8. The van der Waals surface area contributed by atoms with Gasteiger partial charge in [-0.15, -0.1) is 11.3 Å². The Morgan fingerprint density at radius 2 is 1.79 bits per heavy atom. The maximum absolute atomic E-state index is 13.1. The number of piperazine rings is 1. The van der Waals surface area contributed by atoms with Gasteiger partial charge in [-0.25, -0.2) is 4.98 Å². The normalized spacial score (nSPS) is 15.6. The third kappa shape index (κ3) is 8.62. The van der Waals surface area contributed by atoms with Gasteiger partial charge in [0.1, 0.15) is 11.8 Å². The number of anilines is 1. The van der Waals surface area contributed by atoms with E-state index < -0.39 is 6.04 Å². The lowest BCUT2D eigenvalue weighted by Gasteiger charge is -2.32. The topological polar surface area (TPSA) is 94.6 Å². The molecule has 9 heteroatoms. The molecule has 1 aliphatic rings. The summed E-state index contributed by atoms with van der Waals surface area (Å²) in [5.41, 5.74) is 1.79. The molecule has 1 fully saturated rings. The van der Waals surface area contributed by atoms with Gasteiger partial charge in [-0.3, -0.25) is 14.5 Å². The average molecular weight is 486 g/mol. The van der Waals surface area contributed by atoms with Crippen molar-refractivity contribution < 1.29 is 14.4 Å². The van der Waals surface area contributed by atoms with Crippen LogP contribution in [0.5, 0.6) is 0 Å². The van der Waals surface area contributed by atoms with Gasteiger partial charge in [0.05, 0.1) is 12.2 Å². The minimum atomic E-state index is -0.638. The van der Waals surface area contributed by atoms with Crippen LogP contribution in [0, 0.1) is 0 Å². The van der Waals surface area contributed by atoms with Crippen LogP contribution >= 0.6 is 11.3 Å². The fourth-order valence-electron chi connectivity index (χ4n) is 3.88. The standard InChI is InChI=1S/C25H35N5O3S/c1-19(31)9-5-3-8-12-21(26-23(32)17-30-15-13-29(2)14-16-30)24(33)28-25-27-22(18-34-25)20-10-6-4-7-11-20/h4,6-7,10-11,18,21H,3,5,8-9,12-17H2,1-2H3,(H,26,32)(H,27,28,33)/t21-/m0/s1. The highest BCUT2D eigenvalue weighted by atomic mass is 32.1. The lowest BCUT2D eigenvalue weighted by atomic mass is 10.1. The van der Waals surface area contributed by atoms with E-state index in [2.05, 4.69) is 32.5 Å². The number of aromatic nitrogens is 1. The molecule has 2 aromatic rings. The van der Waals surface area contributed by atoms with Crippen LogP contribution in [0.2, 0.25) is 0 Å². The maximum Gasteiger partial charge on any atom is 0.248 e. The van der Waals surface area contributed by atoms with E-state index in [9.17, 15) is 14.4 Å². The summed E-state index contributed by atoms with van der Waals surface area (Å²) in [7, 11) is 2.08. The molecular weight excluding hydrogens is 450 g/mol. The van der Waals surface area contributed by atoms with Crippen LogP contribution in [0.4, 0.5) is 5.13 Å². The van der Waals surface area contributed by atoms with Gasteiger partial charge in [-0.2, -0.15) is 0 Å². The first-order chi connectivity index (χ1) is 16.4. The Balaban J connectivity index is 1.57. The van der Waals surface area contributed by atoms with Gasteiger partial charge in [0, 0.05) is 43.5 Å². The zero-order valence-corrected chi connectivity index (χ0v) is 20.9. The lowest BCUT2D eigenvalue weighted by molar-refractivity contribution is -0.127. The number of nitrogens with zero attached hydrogens (tertiary/aromatic N) is 3. The molecule has 1 aromatic carbocycles. The van der Waals surface area contributed by atoms with Gasteiger partial charge in [0.2, 0.25) is 11.8 Å². The van der Waals surface area contributed by atoms with E-state index in [0.717, 1.165) is 56.7 Å². The lowest BCUT2D eigenvalue weighted by Crippen LogP contribution is -2.51. The first kappa shape index (κ1) is 26.0. The van der Waals surface area contributed by atoms with Crippen molar-refractivity contribution >= 4 is 34.1 Å². The van der Waals surface area contributed by atoms with Crippen LogP contribution in [0.15, 0.2) is 35.7 Å². The second-order valence-corrected chi connectivity index (χ2v) is 9.75. The highest BCUT2D eigenvalue weighted by Crippen LogP contribution is 2.24. The summed E-state index contributed by atoms with van der Waals surface area (Å²) in [4.78, 5) is 45.9. The smallest absolute Gasteiger partial charge is 0.248 e. The number of ketones is 1. The molecule has 184 valence electrons. The third-order valence-electron chi connectivity index (χ3n) is 5.94. The van der Waals surface area contributed by atoms with Gasteiger partial charge < -0.3 is 20.3 Å². The third-order valence-corrected chi connectivity index (χ3v) is 6.70. The Kier molecular flexibility index (Phi) is 10.2. The molecule has 1 aliphatic heterocycles. The largest absolute Gasteiger partial charge is 0.343 e. The average Bonchev–Trinajstić information content (AvgIpc) is 3.28. The van der Waals surface area contributed by atoms with Crippen molar-refractivity contribution in [1.29, 1.82) is 0 Å². The monoisotopic (exact) mass is 485 g/mol. The van der Waals surface area contributed by atoms with Crippen LogP contribution in [0.1, 0.15) is 39.0 Å². The molecule has 1 atom stereocenters.